The summed E-state index contributed by atoms with van der Waals surface area (Å²) in [5.74, 6) is 0. The van der Waals surface area contributed by atoms with Gasteiger partial charge in [-0.15, -0.1) is 0 Å². The molecule has 0 aromatic heterocycles. The van der Waals surface area contributed by atoms with Crippen LogP contribution < -0.4 is 4.72 Å². The molecule has 0 aliphatic rings. The second-order valence-electron chi connectivity index (χ2n) is 3.10. The zero-order chi connectivity index (χ0) is 12.3. The van der Waals surface area contributed by atoms with E-state index in [-0.39, 0.29) is 20.0 Å². The van der Waals surface area contributed by atoms with Crippen molar-refractivity contribution in [2.24, 2.45) is 0 Å². The summed E-state index contributed by atoms with van der Waals surface area (Å²) in [6.07, 6.45) is 0.703. The van der Waals surface area contributed by atoms with E-state index in [4.69, 9.17) is 34.8 Å². The summed E-state index contributed by atoms with van der Waals surface area (Å²) in [6, 6.07) is 2.54. The van der Waals surface area contributed by atoms with Gasteiger partial charge in [-0.1, -0.05) is 41.7 Å². The van der Waals surface area contributed by atoms with Gasteiger partial charge in [0.1, 0.15) is 0 Å². The molecule has 0 saturated heterocycles. The Bertz CT molecular complexity index is 465. The monoisotopic (exact) mass is 301 g/mol. The molecule has 16 heavy (non-hydrogen) atoms. The van der Waals surface area contributed by atoms with Crippen LogP contribution in [0, 0.1) is 0 Å². The average molecular weight is 303 g/mol. The van der Waals surface area contributed by atoms with Gasteiger partial charge in [0.15, 0.2) is 0 Å². The standard InChI is InChI=1S/C9H10Cl3NO2S/c1-2-3-13-16(14,15)6-4-7(10)9(12)8(11)5-6/h4-5,13H,2-3H2,1H3. The lowest BCUT2D eigenvalue weighted by molar-refractivity contribution is 0.581. The fraction of sp³-hybridized carbons (Fsp3) is 0.333. The second kappa shape index (κ2) is 5.56. The van der Waals surface area contributed by atoms with Gasteiger partial charge in [-0.3, -0.25) is 0 Å². The molecule has 0 radical (unpaired) electrons. The number of halogens is 3. The van der Waals surface area contributed by atoms with E-state index in [1.165, 1.54) is 12.1 Å². The lowest BCUT2D eigenvalue weighted by atomic mass is 10.4. The molecule has 0 amide bonds. The van der Waals surface area contributed by atoms with Crippen LogP contribution in [0.3, 0.4) is 0 Å². The summed E-state index contributed by atoms with van der Waals surface area (Å²) in [5.41, 5.74) is 0. The van der Waals surface area contributed by atoms with Crippen molar-refractivity contribution in [1.29, 1.82) is 0 Å². The van der Waals surface area contributed by atoms with Crippen LogP contribution in [-0.4, -0.2) is 15.0 Å². The molecule has 1 N–H and O–H groups in total. The molecule has 1 rings (SSSR count). The topological polar surface area (TPSA) is 46.2 Å². The zero-order valence-corrected chi connectivity index (χ0v) is 11.5. The molecule has 90 valence electrons. The first-order chi connectivity index (χ1) is 7.38. The van der Waals surface area contributed by atoms with Gasteiger partial charge in [0, 0.05) is 6.54 Å². The molecular formula is C9H10Cl3NO2S. The maximum absolute atomic E-state index is 11.7. The molecule has 0 fully saturated rings. The number of benzene rings is 1. The highest BCUT2D eigenvalue weighted by Crippen LogP contribution is 2.32. The Balaban J connectivity index is 3.14. The van der Waals surface area contributed by atoms with Gasteiger partial charge in [-0.2, -0.15) is 0 Å². The minimum absolute atomic E-state index is 0.0142. The predicted octanol–water partition coefficient (Wildman–Crippen LogP) is 3.34. The maximum atomic E-state index is 11.7. The second-order valence-corrected chi connectivity index (χ2v) is 6.06. The minimum atomic E-state index is -3.56. The van der Waals surface area contributed by atoms with Crippen LogP contribution in [0.25, 0.3) is 0 Å². The average Bonchev–Trinajstić information content (AvgIpc) is 2.22. The number of sulfonamides is 1. The van der Waals surface area contributed by atoms with Gasteiger partial charge in [0.2, 0.25) is 10.0 Å². The highest BCUT2D eigenvalue weighted by molar-refractivity contribution is 7.89. The molecule has 0 aliphatic heterocycles. The Labute approximate surface area is 110 Å². The van der Waals surface area contributed by atoms with Crippen LogP contribution in [0.5, 0.6) is 0 Å². The third-order valence-corrected chi connectivity index (χ3v) is 4.45. The Morgan fingerprint density at radius 3 is 2.12 bits per heavy atom. The molecule has 0 atom stereocenters. The predicted molar refractivity (Wildman–Crippen MR) is 67.0 cm³/mol. The molecule has 1 aromatic rings. The van der Waals surface area contributed by atoms with E-state index in [9.17, 15) is 8.42 Å². The summed E-state index contributed by atoms with van der Waals surface area (Å²) >= 11 is 17.2. The smallest absolute Gasteiger partial charge is 0.211 e. The van der Waals surface area contributed by atoms with Crippen LogP contribution in [0.15, 0.2) is 17.0 Å². The van der Waals surface area contributed by atoms with E-state index < -0.39 is 10.0 Å². The van der Waals surface area contributed by atoms with Crippen molar-refractivity contribution < 1.29 is 8.42 Å². The normalized spacial score (nSPS) is 11.8. The van der Waals surface area contributed by atoms with Crippen LogP contribution in [-0.2, 0) is 10.0 Å². The highest BCUT2D eigenvalue weighted by atomic mass is 35.5. The van der Waals surface area contributed by atoms with Crippen molar-refractivity contribution in [2.45, 2.75) is 18.2 Å². The molecule has 0 aliphatic carbocycles. The van der Waals surface area contributed by atoms with Gasteiger partial charge >= 0.3 is 0 Å². The quantitative estimate of drug-likeness (QED) is 0.867. The molecular weight excluding hydrogens is 293 g/mol. The van der Waals surface area contributed by atoms with Crippen molar-refractivity contribution in [2.75, 3.05) is 6.54 Å². The van der Waals surface area contributed by atoms with Crippen molar-refractivity contribution in [3.05, 3.63) is 27.2 Å². The molecule has 1 aromatic carbocycles. The third kappa shape index (κ3) is 3.25. The summed E-state index contributed by atoms with van der Waals surface area (Å²) in [5, 5.41) is 0.384. The largest absolute Gasteiger partial charge is 0.240 e. The first-order valence-electron chi connectivity index (χ1n) is 4.52. The minimum Gasteiger partial charge on any atom is -0.211 e. The first-order valence-corrected chi connectivity index (χ1v) is 7.14. The van der Waals surface area contributed by atoms with Gasteiger partial charge < -0.3 is 0 Å². The Hall–Kier alpha value is -0.000000000000000111. The first kappa shape index (κ1) is 14.1. The number of hydrogen-bond donors (Lipinski definition) is 1. The Kier molecular flexibility index (Phi) is 4.88. The van der Waals surface area contributed by atoms with Crippen molar-refractivity contribution in [1.82, 2.24) is 4.72 Å². The van der Waals surface area contributed by atoms with E-state index in [0.29, 0.717) is 13.0 Å². The van der Waals surface area contributed by atoms with Crippen molar-refractivity contribution in [3.63, 3.8) is 0 Å². The van der Waals surface area contributed by atoms with Gasteiger partial charge in [-0.25, -0.2) is 13.1 Å². The van der Waals surface area contributed by atoms with Crippen LogP contribution in [0.2, 0.25) is 15.1 Å². The van der Waals surface area contributed by atoms with Crippen molar-refractivity contribution in [3.8, 4) is 0 Å². The van der Waals surface area contributed by atoms with E-state index >= 15 is 0 Å². The Morgan fingerprint density at radius 2 is 1.69 bits per heavy atom. The van der Waals surface area contributed by atoms with Gasteiger partial charge in [-0.05, 0) is 18.6 Å². The molecule has 0 heterocycles. The molecule has 0 unspecified atom stereocenters. The van der Waals surface area contributed by atoms with Crippen LogP contribution >= 0.6 is 34.8 Å². The van der Waals surface area contributed by atoms with Gasteiger partial charge in [0.05, 0.1) is 20.0 Å². The summed E-state index contributed by atoms with van der Waals surface area (Å²) in [4.78, 5) is 0.0142. The maximum Gasteiger partial charge on any atom is 0.240 e. The summed E-state index contributed by atoms with van der Waals surface area (Å²) in [7, 11) is -3.56. The molecule has 0 spiro atoms. The van der Waals surface area contributed by atoms with E-state index in [1.54, 1.807) is 0 Å². The third-order valence-electron chi connectivity index (χ3n) is 1.81. The molecule has 0 bridgehead atoms. The van der Waals surface area contributed by atoms with Crippen LogP contribution in [0.4, 0.5) is 0 Å². The summed E-state index contributed by atoms with van der Waals surface area (Å²) in [6.45, 7) is 2.23. The molecule has 0 saturated carbocycles. The summed E-state index contributed by atoms with van der Waals surface area (Å²) < 4.78 is 25.9. The van der Waals surface area contributed by atoms with E-state index in [2.05, 4.69) is 4.72 Å². The number of nitrogens with one attached hydrogen (secondary N) is 1. The number of rotatable bonds is 4. The lowest BCUT2D eigenvalue weighted by Gasteiger charge is -2.07. The zero-order valence-electron chi connectivity index (χ0n) is 8.43. The number of hydrogen-bond acceptors (Lipinski definition) is 2. The highest BCUT2D eigenvalue weighted by Gasteiger charge is 2.16. The van der Waals surface area contributed by atoms with Gasteiger partial charge in [0.25, 0.3) is 0 Å². The SMILES string of the molecule is CCCNS(=O)(=O)c1cc(Cl)c(Cl)c(Cl)c1. The molecule has 3 nitrogen and oxygen atoms in total. The van der Waals surface area contributed by atoms with E-state index in [0.717, 1.165) is 0 Å². The molecule has 7 heteroatoms. The van der Waals surface area contributed by atoms with Crippen molar-refractivity contribution >= 4 is 44.8 Å². The fourth-order valence-corrected chi connectivity index (χ4v) is 2.92. The Morgan fingerprint density at radius 1 is 1.19 bits per heavy atom. The van der Waals surface area contributed by atoms with E-state index in [1.807, 2.05) is 6.92 Å². The lowest BCUT2D eigenvalue weighted by Crippen LogP contribution is -2.24. The fourth-order valence-electron chi connectivity index (χ4n) is 1.01. The van der Waals surface area contributed by atoms with Crippen LogP contribution in [0.1, 0.15) is 13.3 Å².